The van der Waals surface area contributed by atoms with Crippen LogP contribution in [0.1, 0.15) is 47.2 Å². The van der Waals surface area contributed by atoms with Crippen LogP contribution >= 0.6 is 12.4 Å². The lowest BCUT2D eigenvalue weighted by Gasteiger charge is -2.38. The van der Waals surface area contributed by atoms with Crippen LogP contribution in [0, 0.1) is 0 Å². The molecule has 0 N–H and O–H groups in total. The third kappa shape index (κ3) is 4.64. The van der Waals surface area contributed by atoms with Gasteiger partial charge in [-0.05, 0) is 11.5 Å². The summed E-state index contributed by atoms with van der Waals surface area (Å²) in [6, 6.07) is 17.5. The number of benzene rings is 2. The zero-order chi connectivity index (χ0) is 18.7. The average Bonchev–Trinajstić information content (AvgIpc) is 3.18. The highest BCUT2D eigenvalue weighted by Gasteiger charge is 2.39. The Hall–Kier alpha value is -1.72. The summed E-state index contributed by atoms with van der Waals surface area (Å²) in [6.07, 6.45) is 1.90. The molecular weight excluding hydrogens is 374 g/mol. The van der Waals surface area contributed by atoms with Gasteiger partial charge in [0.2, 0.25) is 0 Å². The number of hydrogen-bond donors (Lipinski definition) is 0. The van der Waals surface area contributed by atoms with Crippen LogP contribution in [0.2, 0.25) is 0 Å². The molecule has 1 atom stereocenters. The van der Waals surface area contributed by atoms with Crippen LogP contribution in [0.15, 0.2) is 54.6 Å². The monoisotopic (exact) mass is 401 g/mol. The second-order valence-electron chi connectivity index (χ2n) is 7.63. The van der Waals surface area contributed by atoms with E-state index in [1.807, 2.05) is 42.5 Å². The lowest BCUT2D eigenvalue weighted by Crippen LogP contribution is -2.46. The molecule has 0 aliphatic carbocycles. The van der Waals surface area contributed by atoms with Gasteiger partial charge in [-0.3, -0.25) is 4.79 Å². The van der Waals surface area contributed by atoms with E-state index in [1.165, 1.54) is 5.56 Å². The Labute approximate surface area is 173 Å². The number of rotatable bonds is 5. The zero-order valence-electron chi connectivity index (χ0n) is 16.3. The number of piperidine rings is 1. The number of ketones is 1. The molecule has 0 saturated carbocycles. The van der Waals surface area contributed by atoms with Gasteiger partial charge in [0, 0.05) is 43.6 Å². The van der Waals surface area contributed by atoms with E-state index in [0.717, 1.165) is 56.8 Å². The lowest BCUT2D eigenvalue weighted by molar-refractivity contribution is -0.185. The largest absolute Gasteiger partial charge is 0.347 e. The first-order chi connectivity index (χ1) is 13.2. The van der Waals surface area contributed by atoms with Crippen LogP contribution in [-0.2, 0) is 9.47 Å². The van der Waals surface area contributed by atoms with Crippen LogP contribution in [-0.4, -0.2) is 49.3 Å². The maximum atomic E-state index is 12.5. The Balaban J connectivity index is 0.00000225. The van der Waals surface area contributed by atoms with Crippen molar-refractivity contribution in [1.82, 2.24) is 4.90 Å². The highest BCUT2D eigenvalue weighted by Crippen LogP contribution is 2.32. The lowest BCUT2D eigenvalue weighted by atomic mass is 9.95. The molecule has 0 amide bonds. The van der Waals surface area contributed by atoms with Crippen molar-refractivity contribution in [3.8, 4) is 0 Å². The molecule has 2 aliphatic rings. The Kier molecular flexibility index (Phi) is 6.89. The van der Waals surface area contributed by atoms with Crippen LogP contribution in [0.5, 0.6) is 0 Å². The number of halogens is 1. The van der Waals surface area contributed by atoms with Crippen LogP contribution < -0.4 is 0 Å². The molecule has 2 aromatic rings. The van der Waals surface area contributed by atoms with E-state index in [1.54, 1.807) is 0 Å². The van der Waals surface area contributed by atoms with Crippen molar-refractivity contribution in [2.24, 2.45) is 0 Å². The number of hydrogen-bond acceptors (Lipinski definition) is 4. The van der Waals surface area contributed by atoms with Crippen molar-refractivity contribution in [2.75, 3.05) is 32.8 Å². The number of carbonyl (C=O) groups is 1. The molecule has 1 unspecified atom stereocenters. The second kappa shape index (κ2) is 9.19. The quantitative estimate of drug-likeness (QED) is 0.701. The third-order valence-corrected chi connectivity index (χ3v) is 5.74. The summed E-state index contributed by atoms with van der Waals surface area (Å²) >= 11 is 0. The first-order valence-electron chi connectivity index (χ1n) is 9.85. The third-order valence-electron chi connectivity index (χ3n) is 5.74. The minimum Gasteiger partial charge on any atom is -0.347 e. The van der Waals surface area contributed by atoms with Gasteiger partial charge < -0.3 is 14.4 Å². The molecule has 4 rings (SSSR count). The highest BCUT2D eigenvalue weighted by atomic mass is 35.5. The summed E-state index contributed by atoms with van der Waals surface area (Å²) in [7, 11) is 0. The predicted octanol–water partition coefficient (Wildman–Crippen LogP) is 4.28. The summed E-state index contributed by atoms with van der Waals surface area (Å²) in [6.45, 7) is 6.74. The predicted molar refractivity (Wildman–Crippen MR) is 112 cm³/mol. The van der Waals surface area contributed by atoms with Crippen LogP contribution in [0.25, 0.3) is 0 Å². The van der Waals surface area contributed by atoms with E-state index < -0.39 is 0 Å². The molecule has 1 spiro atoms. The van der Waals surface area contributed by atoms with Gasteiger partial charge in [0.1, 0.15) is 0 Å². The van der Waals surface area contributed by atoms with Gasteiger partial charge >= 0.3 is 0 Å². The summed E-state index contributed by atoms with van der Waals surface area (Å²) in [5.41, 5.74) is 2.75. The standard InChI is InChI=1S/C23H27NO3.ClH/c1-18(17-24-13-11-23(12-14-24)26-15-16-27-23)19-7-9-21(10-8-19)22(25)20-5-3-2-4-6-20;/h2-10,18H,11-17H2,1H3;1H. The van der Waals surface area contributed by atoms with Gasteiger partial charge in [0.05, 0.1) is 13.2 Å². The molecule has 2 fully saturated rings. The Morgan fingerprint density at radius 1 is 0.964 bits per heavy atom. The molecule has 0 bridgehead atoms. The topological polar surface area (TPSA) is 38.8 Å². The molecule has 2 saturated heterocycles. The van der Waals surface area contributed by atoms with Crippen LogP contribution in [0.4, 0.5) is 0 Å². The van der Waals surface area contributed by atoms with Gasteiger partial charge in [-0.2, -0.15) is 0 Å². The van der Waals surface area contributed by atoms with E-state index >= 15 is 0 Å². The first kappa shape index (κ1) is 21.0. The zero-order valence-corrected chi connectivity index (χ0v) is 17.1. The van der Waals surface area contributed by atoms with Crippen molar-refractivity contribution in [2.45, 2.75) is 31.5 Å². The fourth-order valence-electron chi connectivity index (χ4n) is 4.07. The maximum absolute atomic E-state index is 12.5. The van der Waals surface area contributed by atoms with E-state index in [9.17, 15) is 4.79 Å². The van der Waals surface area contributed by atoms with Crippen molar-refractivity contribution in [3.05, 3.63) is 71.3 Å². The summed E-state index contributed by atoms with van der Waals surface area (Å²) in [5.74, 6) is 0.192. The maximum Gasteiger partial charge on any atom is 0.193 e. The minimum atomic E-state index is -0.306. The molecule has 0 aromatic heterocycles. The van der Waals surface area contributed by atoms with E-state index in [0.29, 0.717) is 5.92 Å². The van der Waals surface area contributed by atoms with Crippen molar-refractivity contribution in [3.63, 3.8) is 0 Å². The number of ether oxygens (including phenoxy) is 2. The number of nitrogens with zero attached hydrogens (tertiary/aromatic N) is 1. The van der Waals surface area contributed by atoms with Gasteiger partial charge in [-0.1, -0.05) is 61.5 Å². The van der Waals surface area contributed by atoms with Gasteiger partial charge in [-0.25, -0.2) is 0 Å². The fraction of sp³-hybridized carbons (Fsp3) is 0.435. The first-order valence-corrected chi connectivity index (χ1v) is 9.85. The molecule has 28 heavy (non-hydrogen) atoms. The Morgan fingerprint density at radius 2 is 1.54 bits per heavy atom. The molecule has 0 radical (unpaired) electrons. The molecule has 2 aromatic carbocycles. The van der Waals surface area contributed by atoms with Crippen molar-refractivity contribution < 1.29 is 14.3 Å². The highest BCUT2D eigenvalue weighted by molar-refractivity contribution is 6.08. The molecule has 4 nitrogen and oxygen atoms in total. The van der Waals surface area contributed by atoms with E-state index in [-0.39, 0.29) is 24.0 Å². The van der Waals surface area contributed by atoms with Crippen LogP contribution in [0.3, 0.4) is 0 Å². The van der Waals surface area contributed by atoms with Crippen molar-refractivity contribution >= 4 is 18.2 Å². The normalized spacial score (nSPS) is 19.9. The smallest absolute Gasteiger partial charge is 0.193 e. The summed E-state index contributed by atoms with van der Waals surface area (Å²) in [5, 5.41) is 0. The molecular formula is C23H28ClNO3. The van der Waals surface area contributed by atoms with Gasteiger partial charge in [0.15, 0.2) is 11.6 Å². The molecule has 5 heteroatoms. The van der Waals surface area contributed by atoms with Crippen molar-refractivity contribution in [1.29, 1.82) is 0 Å². The Morgan fingerprint density at radius 3 is 2.14 bits per heavy atom. The SMILES string of the molecule is CC(CN1CCC2(CC1)OCCO2)c1ccc(C(=O)c2ccccc2)cc1.Cl. The number of likely N-dealkylation sites (tertiary alicyclic amines) is 1. The fourth-order valence-corrected chi connectivity index (χ4v) is 4.07. The van der Waals surface area contributed by atoms with E-state index in [2.05, 4.69) is 24.0 Å². The summed E-state index contributed by atoms with van der Waals surface area (Å²) < 4.78 is 11.6. The number of carbonyl (C=O) groups excluding carboxylic acids is 1. The molecule has 2 heterocycles. The van der Waals surface area contributed by atoms with Gasteiger partial charge in [0.25, 0.3) is 0 Å². The Bertz CT molecular complexity index is 762. The van der Waals surface area contributed by atoms with E-state index in [4.69, 9.17) is 9.47 Å². The minimum absolute atomic E-state index is 0. The summed E-state index contributed by atoms with van der Waals surface area (Å²) in [4.78, 5) is 15.0. The molecule has 2 aliphatic heterocycles. The average molecular weight is 402 g/mol. The second-order valence-corrected chi connectivity index (χ2v) is 7.63. The van der Waals surface area contributed by atoms with Gasteiger partial charge in [-0.15, -0.1) is 12.4 Å². The molecule has 150 valence electrons.